The molecule has 0 saturated heterocycles. The van der Waals surface area contributed by atoms with Gasteiger partial charge in [0.15, 0.2) is 0 Å². The zero-order chi connectivity index (χ0) is 40.5. The molecule has 5 aliphatic rings. The number of anilines is 6. The van der Waals surface area contributed by atoms with Crippen LogP contribution in [0.5, 0.6) is 0 Å². The van der Waals surface area contributed by atoms with E-state index in [0.29, 0.717) is 11.8 Å². The van der Waals surface area contributed by atoms with Crippen molar-refractivity contribution in [2.45, 2.75) is 37.5 Å². The van der Waals surface area contributed by atoms with E-state index in [1.165, 1.54) is 112 Å². The van der Waals surface area contributed by atoms with Crippen LogP contribution in [0.1, 0.15) is 43.2 Å². The van der Waals surface area contributed by atoms with Crippen LogP contribution in [0.15, 0.2) is 182 Å². The summed E-state index contributed by atoms with van der Waals surface area (Å²) in [5, 5.41) is 5.31. The van der Waals surface area contributed by atoms with Crippen LogP contribution in [0.3, 0.4) is 0 Å². The second kappa shape index (κ2) is 13.4. The molecule has 15 rings (SSSR count). The lowest BCUT2D eigenvalue weighted by molar-refractivity contribution is -0.0397. The van der Waals surface area contributed by atoms with Crippen LogP contribution in [-0.4, -0.2) is 0 Å². The van der Waals surface area contributed by atoms with Crippen LogP contribution < -0.4 is 9.80 Å². The molecular weight excluding hydrogens is 789 g/mol. The maximum atomic E-state index is 2.67. The standard InChI is InChI=1S/C58H44N2S2/c1-3-13-40(14-4-1)59(42-23-25-47-45-18-8-11-21-52(45)61-54(47)34-42)51-28-27-49-44-17-7-10-20-50(44)58(38-30-36-29-37(32-38)33-39(58)31-36)56(49)57(51)60(41-15-5-2-6-16-41)43-24-26-48-46-19-9-12-22-53(46)62-55(48)35-43/h1-28,34-39H,29-33H2. The first-order valence-electron chi connectivity index (χ1n) is 22.5. The Kier molecular flexibility index (Phi) is 7.65. The number of hydrogen-bond acceptors (Lipinski definition) is 4. The van der Waals surface area contributed by atoms with Crippen molar-refractivity contribution in [2.24, 2.45) is 23.7 Å². The number of para-hydroxylation sites is 2. The Balaban J connectivity index is 1.11. The molecule has 298 valence electrons. The second-order valence-corrected chi connectivity index (χ2v) is 20.6. The molecule has 4 fully saturated rings. The fraction of sp³-hybridized carbons (Fsp3) is 0.172. The number of hydrogen-bond donors (Lipinski definition) is 0. The van der Waals surface area contributed by atoms with Crippen molar-refractivity contribution in [3.8, 4) is 11.1 Å². The average Bonchev–Trinajstić information content (AvgIpc) is 3.97. The molecule has 4 saturated carbocycles. The minimum absolute atomic E-state index is 0.0722. The Morgan fingerprint density at radius 2 is 0.887 bits per heavy atom. The third-order valence-corrected chi connectivity index (χ3v) is 17.7. The highest BCUT2D eigenvalue weighted by Crippen LogP contribution is 2.72. The summed E-state index contributed by atoms with van der Waals surface area (Å²) in [6, 6.07) is 69.2. The predicted octanol–water partition coefficient (Wildman–Crippen LogP) is 17.1. The van der Waals surface area contributed by atoms with Gasteiger partial charge in [0.25, 0.3) is 0 Å². The molecule has 2 heterocycles. The summed E-state index contributed by atoms with van der Waals surface area (Å²) in [4.78, 5) is 5.25. The molecule has 0 amide bonds. The lowest BCUT2D eigenvalue weighted by Gasteiger charge is -2.61. The van der Waals surface area contributed by atoms with E-state index in [-0.39, 0.29) is 5.41 Å². The highest BCUT2D eigenvalue weighted by molar-refractivity contribution is 7.26. The first-order chi connectivity index (χ1) is 30.7. The summed E-state index contributed by atoms with van der Waals surface area (Å²) >= 11 is 3.81. The van der Waals surface area contributed by atoms with Gasteiger partial charge in [-0.1, -0.05) is 115 Å². The number of benzene rings is 8. The highest BCUT2D eigenvalue weighted by atomic mass is 32.1. The fourth-order valence-electron chi connectivity index (χ4n) is 13.3. The molecule has 10 aromatic rings. The van der Waals surface area contributed by atoms with E-state index in [4.69, 9.17) is 0 Å². The Labute approximate surface area is 370 Å². The normalized spacial score (nSPS) is 21.9. The van der Waals surface area contributed by atoms with Gasteiger partial charge in [0, 0.05) is 68.5 Å². The van der Waals surface area contributed by atoms with E-state index < -0.39 is 0 Å². The lowest BCUT2D eigenvalue weighted by atomic mass is 9.43. The summed E-state index contributed by atoms with van der Waals surface area (Å²) < 4.78 is 5.30. The van der Waals surface area contributed by atoms with Gasteiger partial charge in [-0.15, -0.1) is 22.7 Å². The van der Waals surface area contributed by atoms with Gasteiger partial charge in [-0.25, -0.2) is 0 Å². The van der Waals surface area contributed by atoms with Crippen LogP contribution in [0.2, 0.25) is 0 Å². The molecule has 0 aliphatic heterocycles. The van der Waals surface area contributed by atoms with Gasteiger partial charge >= 0.3 is 0 Å². The molecule has 5 aliphatic carbocycles. The lowest BCUT2D eigenvalue weighted by Crippen LogP contribution is -2.55. The van der Waals surface area contributed by atoms with Crippen molar-refractivity contribution in [1.82, 2.24) is 0 Å². The summed E-state index contributed by atoms with van der Waals surface area (Å²) in [6.45, 7) is 0. The van der Waals surface area contributed by atoms with Crippen LogP contribution in [0.25, 0.3) is 51.5 Å². The van der Waals surface area contributed by atoms with E-state index >= 15 is 0 Å². The van der Waals surface area contributed by atoms with Crippen LogP contribution in [-0.2, 0) is 5.41 Å². The first kappa shape index (κ1) is 35.4. The molecule has 4 heteroatoms. The third kappa shape index (κ3) is 4.97. The van der Waals surface area contributed by atoms with E-state index in [1.807, 2.05) is 22.7 Å². The molecule has 0 atom stereocenters. The minimum Gasteiger partial charge on any atom is -0.308 e. The SMILES string of the molecule is c1ccc(N(c2ccc3c(c2)sc2ccccc23)c2ccc3c(c2N(c2ccccc2)c2ccc4c(c2)sc2ccccc24)C2(c4ccccc4-3)C3CC4CC(C3)CC2C4)cc1. The minimum atomic E-state index is -0.0722. The van der Waals surface area contributed by atoms with E-state index in [2.05, 4.69) is 192 Å². The maximum Gasteiger partial charge on any atom is 0.0750 e. The van der Waals surface area contributed by atoms with Gasteiger partial charge in [-0.05, 0) is 145 Å². The molecule has 8 aromatic carbocycles. The molecular formula is C58H44N2S2. The Morgan fingerprint density at radius 3 is 1.50 bits per heavy atom. The van der Waals surface area contributed by atoms with Crippen molar-refractivity contribution < 1.29 is 0 Å². The Morgan fingerprint density at radius 1 is 0.387 bits per heavy atom. The number of thiophene rings is 2. The van der Waals surface area contributed by atoms with Gasteiger partial charge in [-0.3, -0.25) is 0 Å². The number of fused-ring (bicyclic) bond motifs is 9. The summed E-state index contributed by atoms with van der Waals surface area (Å²) in [7, 11) is 0. The zero-order valence-corrected chi connectivity index (χ0v) is 36.0. The summed E-state index contributed by atoms with van der Waals surface area (Å²) in [5.41, 5.74) is 13.2. The van der Waals surface area contributed by atoms with Gasteiger partial charge in [0.05, 0.1) is 11.4 Å². The van der Waals surface area contributed by atoms with Crippen LogP contribution in [0, 0.1) is 23.7 Å². The Hall–Kier alpha value is -6.20. The molecule has 4 bridgehead atoms. The van der Waals surface area contributed by atoms with E-state index in [0.717, 1.165) is 17.5 Å². The zero-order valence-electron chi connectivity index (χ0n) is 34.4. The second-order valence-electron chi connectivity index (χ2n) is 18.5. The fourth-order valence-corrected chi connectivity index (χ4v) is 15.6. The highest BCUT2D eigenvalue weighted by Gasteiger charge is 2.63. The quantitative estimate of drug-likeness (QED) is 0.165. The van der Waals surface area contributed by atoms with Crippen LogP contribution >= 0.6 is 22.7 Å². The number of nitrogens with zero attached hydrogens (tertiary/aromatic N) is 2. The van der Waals surface area contributed by atoms with Crippen molar-refractivity contribution in [2.75, 3.05) is 9.80 Å². The third-order valence-electron chi connectivity index (χ3n) is 15.4. The van der Waals surface area contributed by atoms with Gasteiger partial charge in [0.2, 0.25) is 0 Å². The van der Waals surface area contributed by atoms with Crippen LogP contribution in [0.4, 0.5) is 34.1 Å². The average molecular weight is 833 g/mol. The van der Waals surface area contributed by atoms with E-state index in [1.54, 1.807) is 11.1 Å². The first-order valence-corrected chi connectivity index (χ1v) is 24.1. The molecule has 0 N–H and O–H groups in total. The van der Waals surface area contributed by atoms with Gasteiger partial charge in [0.1, 0.15) is 0 Å². The van der Waals surface area contributed by atoms with Gasteiger partial charge < -0.3 is 9.80 Å². The largest absolute Gasteiger partial charge is 0.308 e. The molecule has 0 unspecified atom stereocenters. The van der Waals surface area contributed by atoms with Crippen molar-refractivity contribution in [3.05, 3.63) is 193 Å². The molecule has 2 nitrogen and oxygen atoms in total. The van der Waals surface area contributed by atoms with Gasteiger partial charge in [-0.2, -0.15) is 0 Å². The summed E-state index contributed by atoms with van der Waals surface area (Å²) in [5.74, 6) is 2.91. The predicted molar refractivity (Wildman–Crippen MR) is 265 cm³/mol. The maximum absolute atomic E-state index is 2.67. The number of rotatable bonds is 6. The molecule has 0 radical (unpaired) electrons. The molecule has 2 aromatic heterocycles. The Bertz CT molecular complexity index is 3370. The monoisotopic (exact) mass is 832 g/mol. The topological polar surface area (TPSA) is 6.48 Å². The van der Waals surface area contributed by atoms with Crippen molar-refractivity contribution in [1.29, 1.82) is 0 Å². The van der Waals surface area contributed by atoms with E-state index in [9.17, 15) is 0 Å². The molecule has 62 heavy (non-hydrogen) atoms. The van der Waals surface area contributed by atoms with Crippen molar-refractivity contribution in [3.63, 3.8) is 0 Å². The smallest absolute Gasteiger partial charge is 0.0750 e. The van der Waals surface area contributed by atoms with Crippen molar-refractivity contribution >= 4 is 97.1 Å². The molecule has 1 spiro atoms. The summed E-state index contributed by atoms with van der Waals surface area (Å²) in [6.07, 6.45) is 6.74.